The molecule has 6 nitrogen and oxygen atoms in total. The number of hydrogen-bond acceptors (Lipinski definition) is 5. The molecule has 0 bridgehead atoms. The number of amides is 1. The standard InChI is InChI=1S/C23H23F3N4O2/c1-29-11-9-15(10-12-29)23(31)30(18-5-3-2-4-6-18)14-17-8-7-16(13-19(17)24)21-27-28-22(32-21)20(25)26/h2-8,13,15,20H,9-12,14H2,1H3. The number of alkyl halides is 2. The topological polar surface area (TPSA) is 62.5 Å². The Balaban J connectivity index is 1.58. The molecule has 0 atom stereocenters. The first-order valence-corrected chi connectivity index (χ1v) is 10.4. The molecule has 0 spiro atoms. The Morgan fingerprint density at radius 2 is 1.88 bits per heavy atom. The van der Waals surface area contributed by atoms with Gasteiger partial charge in [0.05, 0.1) is 6.54 Å². The fourth-order valence-electron chi connectivity index (χ4n) is 3.80. The molecule has 1 amide bonds. The van der Waals surface area contributed by atoms with Crippen LogP contribution in [0.3, 0.4) is 0 Å². The largest absolute Gasteiger partial charge is 0.415 e. The van der Waals surface area contributed by atoms with E-state index in [0.29, 0.717) is 11.3 Å². The fourth-order valence-corrected chi connectivity index (χ4v) is 3.80. The van der Waals surface area contributed by atoms with E-state index in [4.69, 9.17) is 4.42 Å². The lowest BCUT2D eigenvalue weighted by Crippen LogP contribution is -2.41. The van der Waals surface area contributed by atoms with Crippen LogP contribution in [-0.2, 0) is 11.3 Å². The highest BCUT2D eigenvalue weighted by Gasteiger charge is 2.29. The maximum absolute atomic E-state index is 15.0. The van der Waals surface area contributed by atoms with E-state index in [0.717, 1.165) is 32.0 Å². The second kappa shape index (κ2) is 9.52. The van der Waals surface area contributed by atoms with E-state index < -0.39 is 18.1 Å². The van der Waals surface area contributed by atoms with Gasteiger partial charge < -0.3 is 14.2 Å². The van der Waals surface area contributed by atoms with Gasteiger partial charge in [0.15, 0.2) is 0 Å². The molecule has 4 rings (SSSR count). The van der Waals surface area contributed by atoms with Crippen molar-refractivity contribution in [2.75, 3.05) is 25.0 Å². The Hall–Kier alpha value is -3.20. The van der Waals surface area contributed by atoms with Crippen molar-refractivity contribution >= 4 is 11.6 Å². The summed E-state index contributed by atoms with van der Waals surface area (Å²) in [7, 11) is 2.03. The summed E-state index contributed by atoms with van der Waals surface area (Å²) in [5.74, 6) is -1.75. The number of aromatic nitrogens is 2. The highest BCUT2D eigenvalue weighted by molar-refractivity contribution is 5.95. The Morgan fingerprint density at radius 3 is 2.50 bits per heavy atom. The molecule has 168 valence electrons. The van der Waals surface area contributed by atoms with E-state index in [-0.39, 0.29) is 29.8 Å². The van der Waals surface area contributed by atoms with Crippen LogP contribution in [0.5, 0.6) is 0 Å². The monoisotopic (exact) mass is 444 g/mol. The van der Waals surface area contributed by atoms with Crippen LogP contribution in [0, 0.1) is 11.7 Å². The quantitative estimate of drug-likeness (QED) is 0.552. The summed E-state index contributed by atoms with van der Waals surface area (Å²) in [6.45, 7) is 1.73. The minimum Gasteiger partial charge on any atom is -0.415 e. The third-order valence-corrected chi connectivity index (χ3v) is 5.66. The maximum Gasteiger partial charge on any atom is 0.314 e. The first-order chi connectivity index (χ1) is 15.4. The van der Waals surface area contributed by atoms with Crippen molar-refractivity contribution in [1.82, 2.24) is 15.1 Å². The Kier molecular flexibility index (Phi) is 6.55. The highest BCUT2D eigenvalue weighted by atomic mass is 19.3. The number of rotatable bonds is 6. The van der Waals surface area contributed by atoms with E-state index in [1.807, 2.05) is 37.4 Å². The second-order valence-corrected chi connectivity index (χ2v) is 7.89. The van der Waals surface area contributed by atoms with Gasteiger partial charge in [-0.1, -0.05) is 24.3 Å². The van der Waals surface area contributed by atoms with Crippen molar-refractivity contribution in [1.29, 1.82) is 0 Å². The molecule has 1 fully saturated rings. The van der Waals surface area contributed by atoms with Crippen molar-refractivity contribution in [2.24, 2.45) is 5.92 Å². The van der Waals surface area contributed by atoms with Gasteiger partial charge in [-0.2, -0.15) is 8.78 Å². The zero-order valence-corrected chi connectivity index (χ0v) is 17.5. The van der Waals surface area contributed by atoms with Crippen molar-refractivity contribution in [3.05, 3.63) is 65.8 Å². The molecular formula is C23H23F3N4O2. The lowest BCUT2D eigenvalue weighted by atomic mass is 9.95. The zero-order valence-electron chi connectivity index (χ0n) is 17.5. The number of halogens is 3. The molecule has 0 N–H and O–H groups in total. The van der Waals surface area contributed by atoms with Crippen LogP contribution in [0.1, 0.15) is 30.7 Å². The summed E-state index contributed by atoms with van der Waals surface area (Å²) >= 11 is 0. The normalized spacial score (nSPS) is 15.3. The number of piperidine rings is 1. The summed E-state index contributed by atoms with van der Waals surface area (Å²) in [5.41, 5.74) is 1.18. The van der Waals surface area contributed by atoms with Crippen molar-refractivity contribution in [3.63, 3.8) is 0 Å². The van der Waals surface area contributed by atoms with Crippen LogP contribution in [0.15, 0.2) is 52.9 Å². The van der Waals surface area contributed by atoms with Crippen molar-refractivity contribution < 1.29 is 22.4 Å². The lowest BCUT2D eigenvalue weighted by molar-refractivity contribution is -0.123. The zero-order chi connectivity index (χ0) is 22.7. The average Bonchev–Trinajstić information content (AvgIpc) is 3.30. The number of nitrogens with zero attached hydrogens (tertiary/aromatic N) is 4. The summed E-state index contributed by atoms with van der Waals surface area (Å²) in [6.07, 6.45) is -1.39. The van der Waals surface area contributed by atoms with Crippen molar-refractivity contribution in [2.45, 2.75) is 25.8 Å². The van der Waals surface area contributed by atoms with E-state index in [1.165, 1.54) is 12.1 Å². The molecule has 0 saturated carbocycles. The van der Waals surface area contributed by atoms with Crippen molar-refractivity contribution in [3.8, 4) is 11.5 Å². The Labute approximate surface area is 183 Å². The van der Waals surface area contributed by atoms with E-state index >= 15 is 0 Å². The van der Waals surface area contributed by atoms with Crippen LogP contribution in [0.25, 0.3) is 11.5 Å². The number of para-hydroxylation sites is 1. The smallest absolute Gasteiger partial charge is 0.314 e. The predicted octanol–water partition coefficient (Wildman–Crippen LogP) is 4.69. The second-order valence-electron chi connectivity index (χ2n) is 7.89. The highest BCUT2D eigenvalue weighted by Crippen LogP contribution is 2.28. The minimum atomic E-state index is -2.90. The molecule has 0 radical (unpaired) electrons. The summed E-state index contributed by atoms with van der Waals surface area (Å²) < 4.78 is 45.2. The predicted molar refractivity (Wildman–Crippen MR) is 113 cm³/mol. The van der Waals surface area contributed by atoms with E-state index in [2.05, 4.69) is 15.1 Å². The molecule has 3 aromatic rings. The SMILES string of the molecule is CN1CCC(C(=O)N(Cc2ccc(-c3nnc(C(F)F)o3)cc2F)c2ccccc2)CC1. The van der Waals surface area contributed by atoms with Gasteiger partial charge >= 0.3 is 6.43 Å². The number of hydrogen-bond donors (Lipinski definition) is 0. The first kappa shape index (κ1) is 22.0. The van der Waals surface area contributed by atoms with Gasteiger partial charge in [0, 0.05) is 22.7 Å². The summed E-state index contributed by atoms with van der Waals surface area (Å²) in [5, 5.41) is 6.82. The summed E-state index contributed by atoms with van der Waals surface area (Å²) in [4.78, 5) is 17.2. The molecule has 1 aliphatic rings. The number of anilines is 1. The molecule has 2 heterocycles. The Bertz CT molecular complexity index is 1070. The van der Waals surface area contributed by atoms with Gasteiger partial charge in [-0.15, -0.1) is 10.2 Å². The molecule has 32 heavy (non-hydrogen) atoms. The van der Waals surface area contributed by atoms with Crippen LogP contribution >= 0.6 is 0 Å². The van der Waals surface area contributed by atoms with Crippen LogP contribution in [-0.4, -0.2) is 41.1 Å². The van der Waals surface area contributed by atoms with Gasteiger partial charge in [0.2, 0.25) is 11.8 Å². The van der Waals surface area contributed by atoms with Gasteiger partial charge in [-0.25, -0.2) is 4.39 Å². The molecule has 9 heteroatoms. The summed E-state index contributed by atoms with van der Waals surface area (Å²) in [6, 6.07) is 13.3. The third-order valence-electron chi connectivity index (χ3n) is 5.66. The van der Waals surface area contributed by atoms with E-state index in [9.17, 15) is 18.0 Å². The number of carbonyl (C=O) groups is 1. The van der Waals surface area contributed by atoms with Gasteiger partial charge in [-0.05, 0) is 57.2 Å². The van der Waals surface area contributed by atoms with Gasteiger partial charge in [-0.3, -0.25) is 4.79 Å². The third kappa shape index (κ3) is 4.83. The fraction of sp³-hybridized carbons (Fsp3) is 0.348. The number of carbonyl (C=O) groups excluding carboxylic acids is 1. The minimum absolute atomic E-state index is 0.0359. The number of benzene rings is 2. The van der Waals surface area contributed by atoms with Crippen LogP contribution in [0.2, 0.25) is 0 Å². The van der Waals surface area contributed by atoms with Crippen LogP contribution in [0.4, 0.5) is 18.9 Å². The first-order valence-electron chi connectivity index (χ1n) is 10.4. The van der Waals surface area contributed by atoms with Gasteiger partial charge in [0.25, 0.3) is 5.89 Å². The van der Waals surface area contributed by atoms with Gasteiger partial charge in [0.1, 0.15) is 5.82 Å². The molecule has 1 saturated heterocycles. The maximum atomic E-state index is 15.0. The molecular weight excluding hydrogens is 421 g/mol. The molecule has 1 aromatic heterocycles. The molecule has 1 aliphatic heterocycles. The molecule has 0 aliphatic carbocycles. The Morgan fingerprint density at radius 1 is 1.16 bits per heavy atom. The average molecular weight is 444 g/mol. The van der Waals surface area contributed by atoms with E-state index in [1.54, 1.807) is 4.90 Å². The molecule has 2 aromatic carbocycles. The lowest BCUT2D eigenvalue weighted by Gasteiger charge is -2.32. The molecule has 0 unspecified atom stereocenters. The number of likely N-dealkylation sites (tertiary alicyclic amines) is 1. The van der Waals surface area contributed by atoms with Crippen LogP contribution < -0.4 is 4.90 Å².